The molecule has 1 fully saturated rings. The average Bonchev–Trinajstić information content (AvgIpc) is 3.16. The predicted molar refractivity (Wildman–Crippen MR) is 105 cm³/mol. The molecule has 7 nitrogen and oxygen atoms in total. The van der Waals surface area contributed by atoms with Crippen molar-refractivity contribution in [2.24, 2.45) is 5.92 Å². The Hall–Kier alpha value is -2.59. The van der Waals surface area contributed by atoms with Gasteiger partial charge in [0.25, 0.3) is 0 Å². The van der Waals surface area contributed by atoms with Crippen molar-refractivity contribution in [3.63, 3.8) is 0 Å². The van der Waals surface area contributed by atoms with Gasteiger partial charge < -0.3 is 9.88 Å². The van der Waals surface area contributed by atoms with E-state index in [0.717, 1.165) is 17.5 Å². The predicted octanol–water partition coefficient (Wildman–Crippen LogP) is 2.77. The Morgan fingerprint density at radius 2 is 2.03 bits per heavy atom. The van der Waals surface area contributed by atoms with Crippen LogP contribution in [0, 0.1) is 17.6 Å². The van der Waals surface area contributed by atoms with E-state index in [9.17, 15) is 17.2 Å². The highest BCUT2D eigenvalue weighted by Gasteiger charge is 2.37. The highest BCUT2D eigenvalue weighted by molar-refractivity contribution is 7.89. The minimum Gasteiger partial charge on any atom is -0.354 e. The molecule has 3 heterocycles. The standard InChI is InChI=1S/C19H21F2N5O2S/c1-12-6-8-26(29(27,28)17-4-3-13(20)9-15(17)21)10-16(12)25(2)19-14-5-7-22-18(14)23-11-24-19/h3-5,7,9,11-12,16H,6,8,10H2,1-2H3,(H,22,23,24). The number of sulfonamides is 1. The number of benzene rings is 1. The van der Waals surface area contributed by atoms with Gasteiger partial charge in [-0.3, -0.25) is 0 Å². The molecule has 4 rings (SSSR count). The van der Waals surface area contributed by atoms with Gasteiger partial charge in [-0.15, -0.1) is 0 Å². The Morgan fingerprint density at radius 1 is 1.24 bits per heavy atom. The normalized spacial score (nSPS) is 20.8. The van der Waals surface area contributed by atoms with Crippen LogP contribution < -0.4 is 4.90 Å². The van der Waals surface area contributed by atoms with E-state index in [1.165, 1.54) is 10.6 Å². The summed E-state index contributed by atoms with van der Waals surface area (Å²) in [5.41, 5.74) is 0.697. The molecule has 0 spiro atoms. The number of aromatic amines is 1. The fourth-order valence-corrected chi connectivity index (χ4v) is 5.38. The second kappa shape index (κ2) is 7.34. The van der Waals surface area contributed by atoms with Crippen LogP contribution in [0.15, 0.2) is 41.7 Å². The fourth-order valence-electron chi connectivity index (χ4n) is 3.86. The molecular formula is C19H21F2N5O2S. The van der Waals surface area contributed by atoms with Crippen LogP contribution in [0.25, 0.3) is 11.0 Å². The summed E-state index contributed by atoms with van der Waals surface area (Å²) in [6.45, 7) is 2.50. The Bertz CT molecular complexity index is 1150. The van der Waals surface area contributed by atoms with Crippen molar-refractivity contribution in [2.45, 2.75) is 24.3 Å². The second-order valence-corrected chi connectivity index (χ2v) is 9.23. The molecule has 2 aromatic heterocycles. The number of likely N-dealkylation sites (N-methyl/N-ethyl adjacent to an activating group) is 1. The van der Waals surface area contributed by atoms with E-state index >= 15 is 0 Å². The molecule has 1 aliphatic heterocycles. The topological polar surface area (TPSA) is 82.2 Å². The van der Waals surface area contributed by atoms with Crippen molar-refractivity contribution in [1.82, 2.24) is 19.3 Å². The average molecular weight is 421 g/mol. The Labute approximate surface area is 167 Å². The molecule has 1 N–H and O–H groups in total. The van der Waals surface area contributed by atoms with E-state index < -0.39 is 26.6 Å². The number of nitrogens with zero attached hydrogens (tertiary/aromatic N) is 4. The SMILES string of the molecule is CC1CCN(S(=O)(=O)c2ccc(F)cc2F)CC1N(C)c1ncnc2[nH]ccc12. The zero-order valence-corrected chi connectivity index (χ0v) is 16.8. The van der Waals surface area contributed by atoms with Gasteiger partial charge in [0.05, 0.1) is 5.39 Å². The van der Waals surface area contributed by atoms with Gasteiger partial charge in [0, 0.05) is 38.4 Å². The molecular weight excluding hydrogens is 400 g/mol. The first kappa shape index (κ1) is 19.7. The molecule has 0 saturated carbocycles. The lowest BCUT2D eigenvalue weighted by Gasteiger charge is -2.41. The van der Waals surface area contributed by atoms with Gasteiger partial charge in [0.15, 0.2) is 0 Å². The monoisotopic (exact) mass is 421 g/mol. The number of hydrogen-bond acceptors (Lipinski definition) is 5. The van der Waals surface area contributed by atoms with Gasteiger partial charge >= 0.3 is 0 Å². The van der Waals surface area contributed by atoms with Crippen LogP contribution in [0.5, 0.6) is 0 Å². The second-order valence-electron chi connectivity index (χ2n) is 7.32. The fraction of sp³-hybridized carbons (Fsp3) is 0.368. The first-order valence-electron chi connectivity index (χ1n) is 9.25. The maximum absolute atomic E-state index is 14.2. The van der Waals surface area contributed by atoms with Crippen LogP contribution in [0.2, 0.25) is 0 Å². The summed E-state index contributed by atoms with van der Waals surface area (Å²) in [5.74, 6) is -1.02. The quantitative estimate of drug-likeness (QED) is 0.701. The number of piperidine rings is 1. The van der Waals surface area contributed by atoms with Gasteiger partial charge in [-0.2, -0.15) is 4.31 Å². The van der Waals surface area contributed by atoms with E-state index in [2.05, 4.69) is 21.9 Å². The van der Waals surface area contributed by atoms with Crippen molar-refractivity contribution >= 4 is 26.9 Å². The zero-order chi connectivity index (χ0) is 20.8. The minimum absolute atomic E-state index is 0.171. The van der Waals surface area contributed by atoms with Crippen LogP contribution in [0.4, 0.5) is 14.6 Å². The third-order valence-corrected chi connectivity index (χ3v) is 7.46. The smallest absolute Gasteiger partial charge is 0.246 e. The number of halogens is 2. The van der Waals surface area contributed by atoms with E-state index in [4.69, 9.17) is 0 Å². The lowest BCUT2D eigenvalue weighted by Crippen LogP contribution is -2.52. The minimum atomic E-state index is -4.09. The molecule has 0 bridgehead atoms. The number of anilines is 1. The molecule has 1 aliphatic rings. The van der Waals surface area contributed by atoms with Crippen molar-refractivity contribution in [3.05, 3.63) is 48.4 Å². The summed E-state index contributed by atoms with van der Waals surface area (Å²) in [7, 11) is -2.22. The van der Waals surface area contributed by atoms with Gasteiger partial charge in [0.1, 0.15) is 34.3 Å². The van der Waals surface area contributed by atoms with Crippen molar-refractivity contribution in [1.29, 1.82) is 0 Å². The maximum Gasteiger partial charge on any atom is 0.246 e. The Kier molecular flexibility index (Phi) is 4.99. The van der Waals surface area contributed by atoms with Crippen LogP contribution in [-0.2, 0) is 10.0 Å². The molecule has 0 amide bonds. The van der Waals surface area contributed by atoms with Crippen molar-refractivity contribution in [3.8, 4) is 0 Å². The molecule has 154 valence electrons. The Morgan fingerprint density at radius 3 is 2.79 bits per heavy atom. The number of rotatable bonds is 4. The molecule has 10 heteroatoms. The van der Waals surface area contributed by atoms with E-state index in [-0.39, 0.29) is 25.0 Å². The number of H-pyrrole nitrogens is 1. The summed E-state index contributed by atoms with van der Waals surface area (Å²) in [6.07, 6.45) is 3.84. The summed E-state index contributed by atoms with van der Waals surface area (Å²) in [5, 5.41) is 0.840. The lowest BCUT2D eigenvalue weighted by atomic mass is 9.93. The van der Waals surface area contributed by atoms with E-state index in [1.807, 2.05) is 18.0 Å². The molecule has 0 aliphatic carbocycles. The van der Waals surface area contributed by atoms with Gasteiger partial charge in [-0.25, -0.2) is 27.2 Å². The number of aromatic nitrogens is 3. The Balaban J connectivity index is 1.65. The number of hydrogen-bond donors (Lipinski definition) is 1. The molecule has 2 atom stereocenters. The van der Waals surface area contributed by atoms with Gasteiger partial charge in [-0.05, 0) is 30.5 Å². The maximum atomic E-state index is 14.2. The first-order valence-corrected chi connectivity index (χ1v) is 10.7. The van der Waals surface area contributed by atoms with E-state index in [0.29, 0.717) is 24.0 Å². The van der Waals surface area contributed by atoms with E-state index in [1.54, 1.807) is 6.20 Å². The van der Waals surface area contributed by atoms with Crippen LogP contribution in [0.1, 0.15) is 13.3 Å². The van der Waals surface area contributed by atoms with Crippen LogP contribution >= 0.6 is 0 Å². The largest absolute Gasteiger partial charge is 0.354 e. The first-order chi connectivity index (χ1) is 13.8. The number of nitrogens with one attached hydrogen (secondary N) is 1. The number of fused-ring (bicyclic) bond motifs is 1. The molecule has 3 aromatic rings. The molecule has 1 aromatic carbocycles. The molecule has 29 heavy (non-hydrogen) atoms. The van der Waals surface area contributed by atoms with Crippen molar-refractivity contribution in [2.75, 3.05) is 25.0 Å². The van der Waals surface area contributed by atoms with Gasteiger partial charge in [-0.1, -0.05) is 6.92 Å². The molecule has 1 saturated heterocycles. The van der Waals surface area contributed by atoms with Crippen molar-refractivity contribution < 1.29 is 17.2 Å². The van der Waals surface area contributed by atoms with Gasteiger partial charge in [0.2, 0.25) is 10.0 Å². The third kappa shape index (κ3) is 3.46. The summed E-state index contributed by atoms with van der Waals surface area (Å²) < 4.78 is 54.7. The lowest BCUT2D eigenvalue weighted by molar-refractivity contribution is 0.246. The molecule has 0 radical (unpaired) electrons. The summed E-state index contributed by atoms with van der Waals surface area (Å²) >= 11 is 0. The summed E-state index contributed by atoms with van der Waals surface area (Å²) in [4.78, 5) is 13.0. The molecule has 2 unspecified atom stereocenters. The highest BCUT2D eigenvalue weighted by Crippen LogP contribution is 2.31. The zero-order valence-electron chi connectivity index (χ0n) is 16.0. The third-order valence-electron chi connectivity index (χ3n) is 5.56. The highest BCUT2D eigenvalue weighted by atomic mass is 32.2. The van der Waals surface area contributed by atoms with Crippen LogP contribution in [-0.4, -0.2) is 53.9 Å². The van der Waals surface area contributed by atoms with Crippen LogP contribution in [0.3, 0.4) is 0 Å². The summed E-state index contributed by atoms with van der Waals surface area (Å²) in [6, 6.07) is 4.22.